The molecule has 178 valence electrons. The molecule has 0 bridgehead atoms. The summed E-state index contributed by atoms with van der Waals surface area (Å²) < 4.78 is 0. The Kier molecular flexibility index (Phi) is 7.48. The van der Waals surface area contributed by atoms with Gasteiger partial charge in [-0.3, -0.25) is 9.59 Å². The van der Waals surface area contributed by atoms with Crippen LogP contribution in [0, 0.1) is 12.8 Å². The molecule has 2 fully saturated rings. The average Bonchev–Trinajstić information content (AvgIpc) is 3.24. The van der Waals surface area contributed by atoms with Crippen molar-refractivity contribution in [1.82, 2.24) is 24.7 Å². The van der Waals surface area contributed by atoms with E-state index in [2.05, 4.69) is 21.9 Å². The number of hydrogen-bond donors (Lipinski definition) is 1. The summed E-state index contributed by atoms with van der Waals surface area (Å²) in [7, 11) is 4.10. The third-order valence-corrected chi connectivity index (χ3v) is 7.34. The maximum atomic E-state index is 13.3. The third kappa shape index (κ3) is 5.64. The fraction of sp³-hybridized carbons (Fsp3) is 0.577. The van der Waals surface area contributed by atoms with Crippen molar-refractivity contribution in [2.75, 3.05) is 40.3 Å². The molecule has 2 aliphatic heterocycles. The molecular weight excluding hydrogens is 414 g/mol. The van der Waals surface area contributed by atoms with E-state index in [-0.39, 0.29) is 11.8 Å². The molecule has 0 spiro atoms. The van der Waals surface area contributed by atoms with Crippen molar-refractivity contribution >= 4 is 11.8 Å². The summed E-state index contributed by atoms with van der Waals surface area (Å²) in [6, 6.07) is 10.2. The second kappa shape index (κ2) is 10.5. The summed E-state index contributed by atoms with van der Waals surface area (Å²) in [6.45, 7) is 5.48. The number of H-pyrrole nitrogens is 1. The quantitative estimate of drug-likeness (QED) is 0.729. The molecule has 0 saturated carbocycles. The standard InChI is InChI=1S/C26H37N5O2/c1-19-24(28-25(27-19)21-9-5-4-6-10-21)26(33)31-15-7-8-20(18-31)11-12-23(32)30(3)22-13-16-29(2)17-14-22/h4-6,9-10,20,22H,7-8,11-18H2,1-3H3,(H,27,28)/t20-/m0/s1. The van der Waals surface area contributed by atoms with E-state index < -0.39 is 0 Å². The minimum atomic E-state index is -0.00889. The highest BCUT2D eigenvalue weighted by atomic mass is 16.2. The Morgan fingerprint density at radius 3 is 2.58 bits per heavy atom. The van der Waals surface area contributed by atoms with Crippen LogP contribution in [0.3, 0.4) is 0 Å². The first kappa shape index (κ1) is 23.5. The monoisotopic (exact) mass is 451 g/mol. The Morgan fingerprint density at radius 1 is 1.12 bits per heavy atom. The molecule has 2 aromatic rings. The van der Waals surface area contributed by atoms with Crippen molar-refractivity contribution in [3.63, 3.8) is 0 Å². The summed E-state index contributed by atoms with van der Waals surface area (Å²) in [6.07, 6.45) is 5.56. The van der Waals surface area contributed by atoms with Crippen LogP contribution in [0.2, 0.25) is 0 Å². The van der Waals surface area contributed by atoms with Gasteiger partial charge in [-0.25, -0.2) is 4.98 Å². The van der Waals surface area contributed by atoms with Crippen LogP contribution in [0.5, 0.6) is 0 Å². The van der Waals surface area contributed by atoms with E-state index in [1.807, 2.05) is 54.1 Å². The minimum absolute atomic E-state index is 0.00889. The van der Waals surface area contributed by atoms with E-state index in [9.17, 15) is 9.59 Å². The lowest BCUT2D eigenvalue weighted by Crippen LogP contribution is -2.45. The molecular formula is C26H37N5O2. The van der Waals surface area contributed by atoms with Gasteiger partial charge in [0.2, 0.25) is 5.91 Å². The number of benzene rings is 1. The number of nitrogens with one attached hydrogen (secondary N) is 1. The second-order valence-electron chi connectivity index (χ2n) is 9.76. The minimum Gasteiger partial charge on any atom is -0.343 e. The zero-order valence-corrected chi connectivity index (χ0v) is 20.2. The molecule has 1 aromatic heterocycles. The largest absolute Gasteiger partial charge is 0.343 e. The van der Waals surface area contributed by atoms with Crippen LogP contribution >= 0.6 is 0 Å². The molecule has 7 nitrogen and oxygen atoms in total. The van der Waals surface area contributed by atoms with Crippen molar-refractivity contribution in [3.8, 4) is 11.4 Å². The number of carbonyl (C=O) groups is 2. The van der Waals surface area contributed by atoms with Crippen LogP contribution in [0.15, 0.2) is 30.3 Å². The molecule has 0 aliphatic carbocycles. The highest BCUT2D eigenvalue weighted by Crippen LogP contribution is 2.25. The maximum Gasteiger partial charge on any atom is 0.274 e. The number of likely N-dealkylation sites (tertiary alicyclic amines) is 2. The van der Waals surface area contributed by atoms with E-state index in [0.717, 1.165) is 68.8 Å². The Hall–Kier alpha value is -2.67. The number of piperidine rings is 2. The van der Waals surface area contributed by atoms with Crippen LogP contribution in [-0.2, 0) is 4.79 Å². The highest BCUT2D eigenvalue weighted by Gasteiger charge is 2.29. The van der Waals surface area contributed by atoms with Crippen molar-refractivity contribution in [3.05, 3.63) is 41.7 Å². The van der Waals surface area contributed by atoms with E-state index in [1.54, 1.807) is 0 Å². The van der Waals surface area contributed by atoms with Gasteiger partial charge in [-0.05, 0) is 65.1 Å². The zero-order valence-electron chi connectivity index (χ0n) is 20.2. The number of rotatable bonds is 6. The van der Waals surface area contributed by atoms with Gasteiger partial charge in [0.05, 0.1) is 0 Å². The van der Waals surface area contributed by atoms with Crippen LogP contribution < -0.4 is 0 Å². The molecule has 2 saturated heterocycles. The first-order chi connectivity index (χ1) is 15.9. The molecule has 1 aromatic carbocycles. The van der Waals surface area contributed by atoms with Gasteiger partial charge in [-0.15, -0.1) is 0 Å². The van der Waals surface area contributed by atoms with Gasteiger partial charge in [-0.1, -0.05) is 30.3 Å². The van der Waals surface area contributed by atoms with Crippen molar-refractivity contribution < 1.29 is 9.59 Å². The number of carbonyl (C=O) groups excluding carboxylic acids is 2. The van der Waals surface area contributed by atoms with Crippen LogP contribution in [-0.4, -0.2) is 82.8 Å². The number of hydrogen-bond acceptors (Lipinski definition) is 4. The van der Waals surface area contributed by atoms with E-state index in [0.29, 0.717) is 30.6 Å². The Labute approximate surface area is 197 Å². The van der Waals surface area contributed by atoms with Crippen molar-refractivity contribution in [2.45, 2.75) is 51.5 Å². The number of amides is 2. The number of imidazole rings is 1. The molecule has 0 radical (unpaired) electrons. The van der Waals surface area contributed by atoms with Gasteiger partial charge in [0.1, 0.15) is 11.5 Å². The van der Waals surface area contributed by atoms with E-state index in [4.69, 9.17) is 0 Å². The average molecular weight is 452 g/mol. The molecule has 1 N–H and O–H groups in total. The Bertz CT molecular complexity index is 949. The molecule has 2 aliphatic rings. The molecule has 2 amide bonds. The summed E-state index contributed by atoms with van der Waals surface area (Å²) >= 11 is 0. The third-order valence-electron chi connectivity index (χ3n) is 7.34. The van der Waals surface area contributed by atoms with Crippen LogP contribution in [0.4, 0.5) is 0 Å². The zero-order chi connectivity index (χ0) is 23.4. The van der Waals surface area contributed by atoms with Gasteiger partial charge in [0, 0.05) is 43.9 Å². The summed E-state index contributed by atoms with van der Waals surface area (Å²) in [5.74, 6) is 1.33. The van der Waals surface area contributed by atoms with E-state index >= 15 is 0 Å². The first-order valence-electron chi connectivity index (χ1n) is 12.3. The lowest BCUT2D eigenvalue weighted by Gasteiger charge is -2.36. The molecule has 3 heterocycles. The summed E-state index contributed by atoms with van der Waals surface area (Å²) in [4.78, 5) is 40.2. The van der Waals surface area contributed by atoms with Crippen molar-refractivity contribution in [2.24, 2.45) is 5.92 Å². The number of nitrogens with zero attached hydrogens (tertiary/aromatic N) is 4. The van der Waals surface area contributed by atoms with Gasteiger partial charge >= 0.3 is 0 Å². The SMILES string of the molecule is Cc1[nH]c(-c2ccccc2)nc1C(=O)N1CCC[C@@H](CCC(=O)N(C)C2CCN(C)CC2)C1. The predicted octanol–water partition coefficient (Wildman–Crippen LogP) is 3.57. The highest BCUT2D eigenvalue weighted by molar-refractivity contribution is 5.94. The fourth-order valence-corrected chi connectivity index (χ4v) is 5.13. The van der Waals surface area contributed by atoms with Crippen LogP contribution in [0.25, 0.3) is 11.4 Å². The Morgan fingerprint density at radius 2 is 1.85 bits per heavy atom. The number of aromatic amines is 1. The smallest absolute Gasteiger partial charge is 0.274 e. The lowest BCUT2D eigenvalue weighted by atomic mass is 9.92. The van der Waals surface area contributed by atoms with Gasteiger partial charge in [0.25, 0.3) is 5.91 Å². The van der Waals surface area contributed by atoms with E-state index in [1.165, 1.54) is 0 Å². The lowest BCUT2D eigenvalue weighted by molar-refractivity contribution is -0.133. The number of aryl methyl sites for hydroxylation is 1. The molecule has 7 heteroatoms. The molecule has 33 heavy (non-hydrogen) atoms. The maximum absolute atomic E-state index is 13.3. The summed E-state index contributed by atoms with van der Waals surface area (Å²) in [5.41, 5.74) is 2.28. The fourth-order valence-electron chi connectivity index (χ4n) is 5.13. The van der Waals surface area contributed by atoms with Crippen molar-refractivity contribution in [1.29, 1.82) is 0 Å². The van der Waals surface area contributed by atoms with Gasteiger partial charge in [-0.2, -0.15) is 0 Å². The number of aromatic nitrogens is 2. The molecule has 0 unspecified atom stereocenters. The van der Waals surface area contributed by atoms with Gasteiger partial charge in [0.15, 0.2) is 0 Å². The Balaban J connectivity index is 1.32. The molecule has 4 rings (SSSR count). The predicted molar refractivity (Wildman–Crippen MR) is 130 cm³/mol. The second-order valence-corrected chi connectivity index (χ2v) is 9.76. The molecule has 1 atom stereocenters. The normalized spacial score (nSPS) is 20.1. The van der Waals surface area contributed by atoms with Crippen LogP contribution in [0.1, 0.15) is 54.7 Å². The van der Waals surface area contributed by atoms with Gasteiger partial charge < -0.3 is 19.7 Å². The summed E-state index contributed by atoms with van der Waals surface area (Å²) in [5, 5.41) is 0. The topological polar surface area (TPSA) is 72.5 Å². The first-order valence-corrected chi connectivity index (χ1v) is 12.3.